The van der Waals surface area contributed by atoms with Crippen LogP contribution in [0.2, 0.25) is 0 Å². The number of nitrogens with one attached hydrogen (secondary N) is 3. The van der Waals surface area contributed by atoms with Crippen molar-refractivity contribution in [2.75, 3.05) is 30.2 Å². The van der Waals surface area contributed by atoms with Crippen LogP contribution in [-0.4, -0.2) is 35.2 Å². The number of ether oxygens (including phenoxy) is 2. The van der Waals surface area contributed by atoms with Crippen LogP contribution in [0, 0.1) is 0 Å². The molecule has 8 nitrogen and oxygen atoms in total. The zero-order valence-corrected chi connectivity index (χ0v) is 16.4. The van der Waals surface area contributed by atoms with Crippen molar-refractivity contribution in [3.63, 3.8) is 0 Å². The van der Waals surface area contributed by atoms with Crippen molar-refractivity contribution in [2.24, 2.45) is 0 Å². The van der Waals surface area contributed by atoms with Crippen molar-refractivity contribution < 1.29 is 9.47 Å². The number of benzene rings is 2. The highest BCUT2D eigenvalue weighted by Crippen LogP contribution is 2.23. The molecule has 0 saturated carbocycles. The number of nitrogens with zero attached hydrogens (tertiary/aromatic N) is 3. The number of rotatable bonds is 8. The molecule has 0 unspecified atom stereocenters. The Morgan fingerprint density at radius 2 is 1.18 bits per heavy atom. The fourth-order valence-corrected chi connectivity index (χ4v) is 2.47. The molecule has 0 saturated heterocycles. The van der Waals surface area contributed by atoms with Gasteiger partial charge < -0.3 is 25.4 Å². The van der Waals surface area contributed by atoms with E-state index >= 15 is 0 Å². The van der Waals surface area contributed by atoms with Gasteiger partial charge >= 0.3 is 0 Å². The molecule has 8 heteroatoms. The number of hydrogen-bond donors (Lipinski definition) is 3. The van der Waals surface area contributed by atoms with Crippen molar-refractivity contribution in [1.29, 1.82) is 0 Å². The van der Waals surface area contributed by atoms with Crippen molar-refractivity contribution in [2.45, 2.75) is 19.9 Å². The standard InChI is InChI=1S/C20H24N6O2/c1-13(2)21-18-24-19(22-14-7-5-9-16(11-14)27-3)26-20(25-18)23-15-8-6-10-17(12-15)28-4/h5-13H,1-4H3,(H3,21,22,23,24,25,26). The molecule has 146 valence electrons. The first-order valence-corrected chi connectivity index (χ1v) is 8.90. The van der Waals surface area contributed by atoms with Crippen LogP contribution in [0.3, 0.4) is 0 Å². The van der Waals surface area contributed by atoms with Crippen LogP contribution in [0.4, 0.5) is 29.2 Å². The van der Waals surface area contributed by atoms with Crippen molar-refractivity contribution in [3.05, 3.63) is 48.5 Å². The fourth-order valence-electron chi connectivity index (χ4n) is 2.47. The summed E-state index contributed by atoms with van der Waals surface area (Å²) in [6.45, 7) is 4.04. The van der Waals surface area contributed by atoms with Gasteiger partial charge in [0.25, 0.3) is 0 Å². The van der Waals surface area contributed by atoms with Gasteiger partial charge in [0.1, 0.15) is 11.5 Å². The molecular formula is C20H24N6O2. The van der Waals surface area contributed by atoms with Crippen molar-refractivity contribution in [1.82, 2.24) is 15.0 Å². The van der Waals surface area contributed by atoms with Gasteiger partial charge in [-0.2, -0.15) is 15.0 Å². The number of aromatic nitrogens is 3. The van der Waals surface area contributed by atoms with E-state index in [0.717, 1.165) is 22.9 Å². The summed E-state index contributed by atoms with van der Waals surface area (Å²) in [7, 11) is 3.26. The van der Waals surface area contributed by atoms with Crippen LogP contribution in [0.1, 0.15) is 13.8 Å². The third-order valence-corrected chi connectivity index (χ3v) is 3.70. The quantitative estimate of drug-likeness (QED) is 0.535. The van der Waals surface area contributed by atoms with E-state index in [4.69, 9.17) is 9.47 Å². The molecule has 0 fully saturated rings. The zero-order valence-electron chi connectivity index (χ0n) is 16.4. The monoisotopic (exact) mass is 380 g/mol. The minimum Gasteiger partial charge on any atom is -0.497 e. The third kappa shape index (κ3) is 5.23. The summed E-state index contributed by atoms with van der Waals surface area (Å²) in [5, 5.41) is 9.60. The van der Waals surface area contributed by atoms with E-state index in [0.29, 0.717) is 17.8 Å². The first-order valence-electron chi connectivity index (χ1n) is 8.90. The summed E-state index contributed by atoms with van der Waals surface area (Å²) in [6.07, 6.45) is 0. The minimum absolute atomic E-state index is 0.178. The topological polar surface area (TPSA) is 93.2 Å². The molecule has 0 aliphatic heterocycles. The Morgan fingerprint density at radius 3 is 1.61 bits per heavy atom. The fraction of sp³-hybridized carbons (Fsp3) is 0.250. The van der Waals surface area contributed by atoms with Crippen molar-refractivity contribution >= 4 is 29.2 Å². The maximum atomic E-state index is 5.26. The maximum Gasteiger partial charge on any atom is 0.233 e. The molecule has 1 aromatic heterocycles. The molecule has 3 N–H and O–H groups in total. The molecule has 3 rings (SSSR count). The van der Waals surface area contributed by atoms with Gasteiger partial charge in [0.15, 0.2) is 0 Å². The van der Waals surface area contributed by atoms with Crippen molar-refractivity contribution in [3.8, 4) is 11.5 Å². The predicted octanol–water partition coefficient (Wildman–Crippen LogP) is 4.20. The average molecular weight is 380 g/mol. The Kier molecular flexibility index (Phi) is 6.11. The summed E-state index contributed by atoms with van der Waals surface area (Å²) in [4.78, 5) is 13.4. The van der Waals surface area contributed by atoms with E-state index in [1.807, 2.05) is 62.4 Å². The smallest absolute Gasteiger partial charge is 0.233 e. The normalized spacial score (nSPS) is 10.5. The molecule has 0 bridgehead atoms. The predicted molar refractivity (Wildman–Crippen MR) is 111 cm³/mol. The molecule has 0 aliphatic rings. The molecule has 0 radical (unpaired) electrons. The Balaban J connectivity index is 1.89. The number of anilines is 5. The van der Waals surface area contributed by atoms with Gasteiger partial charge in [0.05, 0.1) is 14.2 Å². The Hall–Kier alpha value is -3.55. The van der Waals surface area contributed by atoms with Crippen LogP contribution in [0.25, 0.3) is 0 Å². The van der Waals surface area contributed by atoms with Gasteiger partial charge in [-0.1, -0.05) is 12.1 Å². The molecule has 0 amide bonds. The highest BCUT2D eigenvalue weighted by atomic mass is 16.5. The summed E-state index contributed by atoms with van der Waals surface area (Å²) in [5.74, 6) is 2.79. The third-order valence-electron chi connectivity index (χ3n) is 3.70. The first kappa shape index (κ1) is 19.2. The summed E-state index contributed by atoms with van der Waals surface area (Å²) < 4.78 is 10.5. The minimum atomic E-state index is 0.178. The lowest BCUT2D eigenvalue weighted by molar-refractivity contribution is 0.415. The molecule has 0 spiro atoms. The first-order chi connectivity index (χ1) is 13.6. The maximum absolute atomic E-state index is 5.26. The van der Waals surface area contributed by atoms with Crippen LogP contribution >= 0.6 is 0 Å². The largest absolute Gasteiger partial charge is 0.497 e. The van der Waals surface area contributed by atoms with Gasteiger partial charge in [-0.3, -0.25) is 0 Å². The molecule has 28 heavy (non-hydrogen) atoms. The lowest BCUT2D eigenvalue weighted by Crippen LogP contribution is -2.15. The Bertz CT molecular complexity index is 864. The van der Waals surface area contributed by atoms with E-state index in [9.17, 15) is 0 Å². The van der Waals surface area contributed by atoms with Gasteiger partial charge in [-0.15, -0.1) is 0 Å². The summed E-state index contributed by atoms with van der Waals surface area (Å²) in [5.41, 5.74) is 1.63. The second-order valence-electron chi connectivity index (χ2n) is 6.32. The van der Waals surface area contributed by atoms with Gasteiger partial charge in [0.2, 0.25) is 17.8 Å². The van der Waals surface area contributed by atoms with E-state index in [1.165, 1.54) is 0 Å². The molecule has 0 atom stereocenters. The number of methoxy groups -OCH3 is 2. The molecule has 1 heterocycles. The van der Waals surface area contributed by atoms with Gasteiger partial charge in [0, 0.05) is 29.5 Å². The summed E-state index contributed by atoms with van der Waals surface area (Å²) >= 11 is 0. The second kappa shape index (κ2) is 8.90. The average Bonchev–Trinajstić information content (AvgIpc) is 2.67. The lowest BCUT2D eigenvalue weighted by Gasteiger charge is -2.13. The zero-order chi connectivity index (χ0) is 19.9. The molecular weight excluding hydrogens is 356 g/mol. The molecule has 0 aliphatic carbocycles. The second-order valence-corrected chi connectivity index (χ2v) is 6.32. The number of hydrogen-bond acceptors (Lipinski definition) is 8. The van der Waals surface area contributed by atoms with Crippen LogP contribution in [-0.2, 0) is 0 Å². The van der Waals surface area contributed by atoms with E-state index in [2.05, 4.69) is 30.9 Å². The van der Waals surface area contributed by atoms with E-state index in [-0.39, 0.29) is 6.04 Å². The van der Waals surface area contributed by atoms with Crippen LogP contribution in [0.15, 0.2) is 48.5 Å². The highest BCUT2D eigenvalue weighted by molar-refractivity contribution is 5.61. The van der Waals surface area contributed by atoms with E-state index < -0.39 is 0 Å². The summed E-state index contributed by atoms with van der Waals surface area (Å²) in [6, 6.07) is 15.3. The Morgan fingerprint density at radius 1 is 0.714 bits per heavy atom. The van der Waals surface area contributed by atoms with Crippen LogP contribution in [0.5, 0.6) is 11.5 Å². The highest BCUT2D eigenvalue weighted by Gasteiger charge is 2.09. The molecule has 3 aromatic rings. The van der Waals surface area contributed by atoms with Gasteiger partial charge in [-0.05, 0) is 38.1 Å². The van der Waals surface area contributed by atoms with E-state index in [1.54, 1.807) is 14.2 Å². The molecule has 2 aromatic carbocycles. The van der Waals surface area contributed by atoms with Crippen LogP contribution < -0.4 is 25.4 Å². The SMILES string of the molecule is COc1cccc(Nc2nc(Nc3cccc(OC)c3)nc(NC(C)C)n2)c1. The Labute approximate surface area is 164 Å². The van der Waals surface area contributed by atoms with Gasteiger partial charge in [-0.25, -0.2) is 0 Å². The lowest BCUT2D eigenvalue weighted by atomic mass is 10.3.